The zero-order valence-corrected chi connectivity index (χ0v) is 13.6. The molecule has 24 heavy (non-hydrogen) atoms. The summed E-state index contributed by atoms with van der Waals surface area (Å²) in [6.45, 7) is 2.05. The summed E-state index contributed by atoms with van der Waals surface area (Å²) >= 11 is 0. The number of hydrogen-bond acceptors (Lipinski definition) is 3. The average Bonchev–Trinajstić information content (AvgIpc) is 3.03. The van der Waals surface area contributed by atoms with Gasteiger partial charge in [-0.2, -0.15) is 0 Å². The highest BCUT2D eigenvalue weighted by molar-refractivity contribution is 6.04. The van der Waals surface area contributed by atoms with E-state index in [4.69, 9.17) is 4.74 Å². The van der Waals surface area contributed by atoms with Gasteiger partial charge in [0.15, 0.2) is 0 Å². The first-order valence-electron chi connectivity index (χ1n) is 8.12. The van der Waals surface area contributed by atoms with Crippen molar-refractivity contribution in [3.05, 3.63) is 59.2 Å². The fourth-order valence-corrected chi connectivity index (χ4v) is 2.84. The van der Waals surface area contributed by atoms with Gasteiger partial charge in [0.25, 0.3) is 5.91 Å². The number of nitrogens with one attached hydrogen (secondary N) is 2. The normalized spacial score (nSPS) is 12.4. The molecule has 2 N–H and O–H groups in total. The SMILES string of the molecule is CCOC(=O)Nc1ccc(C(=O)Nc2ccc3c(c2)CCC3)cc1. The third-order valence-electron chi connectivity index (χ3n) is 4.03. The van der Waals surface area contributed by atoms with E-state index in [2.05, 4.69) is 22.8 Å². The van der Waals surface area contributed by atoms with Crippen LogP contribution in [0.5, 0.6) is 0 Å². The zero-order chi connectivity index (χ0) is 16.9. The van der Waals surface area contributed by atoms with E-state index < -0.39 is 6.09 Å². The van der Waals surface area contributed by atoms with Crippen molar-refractivity contribution in [1.82, 2.24) is 0 Å². The highest BCUT2D eigenvalue weighted by atomic mass is 16.5. The topological polar surface area (TPSA) is 67.4 Å². The van der Waals surface area contributed by atoms with Crippen molar-refractivity contribution in [2.75, 3.05) is 17.2 Å². The van der Waals surface area contributed by atoms with Crippen LogP contribution in [0.4, 0.5) is 16.2 Å². The lowest BCUT2D eigenvalue weighted by molar-refractivity contribution is 0.102. The highest BCUT2D eigenvalue weighted by Gasteiger charge is 2.12. The Labute approximate surface area is 141 Å². The van der Waals surface area contributed by atoms with E-state index >= 15 is 0 Å². The van der Waals surface area contributed by atoms with E-state index in [-0.39, 0.29) is 5.91 Å². The molecule has 0 atom stereocenters. The van der Waals surface area contributed by atoms with E-state index in [0.717, 1.165) is 18.5 Å². The van der Waals surface area contributed by atoms with E-state index in [1.165, 1.54) is 17.5 Å². The molecule has 3 rings (SSSR count). The van der Waals surface area contributed by atoms with Crippen LogP contribution in [-0.2, 0) is 17.6 Å². The van der Waals surface area contributed by atoms with Crippen molar-refractivity contribution in [3.8, 4) is 0 Å². The van der Waals surface area contributed by atoms with E-state index in [1.807, 2.05) is 6.07 Å². The molecule has 1 aliphatic rings. The van der Waals surface area contributed by atoms with Crippen molar-refractivity contribution in [3.63, 3.8) is 0 Å². The lowest BCUT2D eigenvalue weighted by Gasteiger charge is -2.09. The minimum Gasteiger partial charge on any atom is -0.450 e. The van der Waals surface area contributed by atoms with Crippen LogP contribution in [0.2, 0.25) is 0 Å². The molecule has 0 unspecified atom stereocenters. The lowest BCUT2D eigenvalue weighted by atomic mass is 10.1. The van der Waals surface area contributed by atoms with Crippen LogP contribution in [0.25, 0.3) is 0 Å². The summed E-state index contributed by atoms with van der Waals surface area (Å²) in [5, 5.41) is 5.51. The first kappa shape index (κ1) is 16.1. The fourth-order valence-electron chi connectivity index (χ4n) is 2.84. The maximum atomic E-state index is 12.3. The standard InChI is InChI=1S/C19H20N2O3/c1-2-24-19(23)21-16-9-7-14(8-10-16)18(22)20-17-11-6-13-4-3-5-15(13)12-17/h6-12H,2-5H2,1H3,(H,20,22)(H,21,23). The third kappa shape index (κ3) is 3.74. The predicted molar refractivity (Wildman–Crippen MR) is 93.5 cm³/mol. The predicted octanol–water partition coefficient (Wildman–Crippen LogP) is 4.00. The Morgan fingerprint density at radius 1 is 0.958 bits per heavy atom. The smallest absolute Gasteiger partial charge is 0.411 e. The van der Waals surface area contributed by atoms with Crippen LogP contribution in [0.3, 0.4) is 0 Å². The number of fused-ring (bicyclic) bond motifs is 1. The number of hydrogen-bond donors (Lipinski definition) is 2. The summed E-state index contributed by atoms with van der Waals surface area (Å²) in [7, 11) is 0. The molecule has 5 nitrogen and oxygen atoms in total. The second kappa shape index (κ2) is 7.17. The molecule has 1 aliphatic carbocycles. The first-order chi connectivity index (χ1) is 11.7. The number of carbonyl (C=O) groups is 2. The lowest BCUT2D eigenvalue weighted by Crippen LogP contribution is -2.14. The molecule has 5 heteroatoms. The van der Waals surface area contributed by atoms with Gasteiger partial charge in [-0.25, -0.2) is 4.79 Å². The molecule has 0 heterocycles. The van der Waals surface area contributed by atoms with Crippen LogP contribution in [0, 0.1) is 0 Å². The Hall–Kier alpha value is -2.82. The van der Waals surface area contributed by atoms with Gasteiger partial charge < -0.3 is 10.1 Å². The molecule has 0 saturated heterocycles. The van der Waals surface area contributed by atoms with Gasteiger partial charge in [-0.1, -0.05) is 6.07 Å². The van der Waals surface area contributed by atoms with Crippen molar-refractivity contribution in [1.29, 1.82) is 0 Å². The van der Waals surface area contributed by atoms with Crippen molar-refractivity contribution in [2.24, 2.45) is 0 Å². The summed E-state index contributed by atoms with van der Waals surface area (Å²) in [6, 6.07) is 12.8. The Bertz CT molecular complexity index is 754. The molecule has 2 aromatic rings. The third-order valence-corrected chi connectivity index (χ3v) is 4.03. The second-order valence-corrected chi connectivity index (χ2v) is 5.71. The number of rotatable bonds is 4. The minimum atomic E-state index is -0.507. The van der Waals surface area contributed by atoms with Gasteiger partial charge in [0.2, 0.25) is 0 Å². The molecule has 0 saturated carbocycles. The van der Waals surface area contributed by atoms with Crippen LogP contribution >= 0.6 is 0 Å². The second-order valence-electron chi connectivity index (χ2n) is 5.71. The Balaban J connectivity index is 1.63. The summed E-state index contributed by atoms with van der Waals surface area (Å²) < 4.78 is 4.81. The van der Waals surface area contributed by atoms with E-state index in [9.17, 15) is 9.59 Å². The van der Waals surface area contributed by atoms with Crippen LogP contribution in [0.1, 0.15) is 34.8 Å². The van der Waals surface area contributed by atoms with Crippen LogP contribution in [-0.4, -0.2) is 18.6 Å². The first-order valence-corrected chi connectivity index (χ1v) is 8.12. The maximum absolute atomic E-state index is 12.3. The number of benzene rings is 2. The quantitative estimate of drug-likeness (QED) is 0.893. The summed E-state index contributed by atoms with van der Waals surface area (Å²) in [6.07, 6.45) is 2.88. The Kier molecular flexibility index (Phi) is 4.79. The minimum absolute atomic E-state index is 0.171. The zero-order valence-electron chi connectivity index (χ0n) is 13.6. The molecule has 0 fully saturated rings. The highest BCUT2D eigenvalue weighted by Crippen LogP contribution is 2.25. The number of carbonyl (C=O) groups excluding carboxylic acids is 2. The fraction of sp³-hybridized carbons (Fsp3) is 0.263. The van der Waals surface area contributed by atoms with Crippen molar-refractivity contribution < 1.29 is 14.3 Å². The molecule has 0 aromatic heterocycles. The molecule has 0 radical (unpaired) electrons. The van der Waals surface area contributed by atoms with Gasteiger partial charge >= 0.3 is 6.09 Å². The van der Waals surface area contributed by atoms with Gasteiger partial charge in [-0.05, 0) is 73.7 Å². The van der Waals surface area contributed by atoms with E-state index in [0.29, 0.717) is 17.9 Å². The molecule has 124 valence electrons. The molecular weight excluding hydrogens is 304 g/mol. The number of anilines is 2. The van der Waals surface area contributed by atoms with Gasteiger partial charge in [0.1, 0.15) is 0 Å². The van der Waals surface area contributed by atoms with Crippen molar-refractivity contribution in [2.45, 2.75) is 26.2 Å². The Morgan fingerprint density at radius 3 is 2.42 bits per heavy atom. The monoisotopic (exact) mass is 324 g/mol. The number of aryl methyl sites for hydroxylation is 2. The summed E-state index contributed by atoms with van der Waals surface area (Å²) in [5.41, 5.74) is 4.63. The molecular formula is C19H20N2O3. The maximum Gasteiger partial charge on any atom is 0.411 e. The molecule has 0 bridgehead atoms. The molecule has 2 aromatic carbocycles. The Morgan fingerprint density at radius 2 is 1.67 bits per heavy atom. The number of amides is 2. The van der Waals surface area contributed by atoms with Crippen molar-refractivity contribution >= 4 is 23.4 Å². The average molecular weight is 324 g/mol. The van der Waals surface area contributed by atoms with E-state index in [1.54, 1.807) is 31.2 Å². The van der Waals surface area contributed by atoms with Gasteiger partial charge in [-0.15, -0.1) is 0 Å². The number of ether oxygens (including phenoxy) is 1. The molecule has 2 amide bonds. The molecule has 0 spiro atoms. The summed E-state index contributed by atoms with van der Waals surface area (Å²) in [5.74, 6) is -0.171. The van der Waals surface area contributed by atoms with Crippen LogP contribution < -0.4 is 10.6 Å². The van der Waals surface area contributed by atoms with Gasteiger partial charge in [-0.3, -0.25) is 10.1 Å². The largest absolute Gasteiger partial charge is 0.450 e. The summed E-state index contributed by atoms with van der Waals surface area (Å²) in [4.78, 5) is 23.7. The van der Waals surface area contributed by atoms with Crippen LogP contribution in [0.15, 0.2) is 42.5 Å². The molecule has 0 aliphatic heterocycles. The van der Waals surface area contributed by atoms with Gasteiger partial charge in [0.05, 0.1) is 6.61 Å². The van der Waals surface area contributed by atoms with Gasteiger partial charge in [0, 0.05) is 16.9 Å².